The van der Waals surface area contributed by atoms with Crippen molar-refractivity contribution in [2.75, 3.05) is 11.9 Å². The Morgan fingerprint density at radius 2 is 2.03 bits per heavy atom. The Labute approximate surface area is 210 Å². The van der Waals surface area contributed by atoms with E-state index < -0.39 is 6.29 Å². The number of nitrogens with one attached hydrogen (secondary N) is 1. The van der Waals surface area contributed by atoms with Crippen LogP contribution in [0.15, 0.2) is 82.8 Å². The molecule has 4 aromatic rings. The van der Waals surface area contributed by atoms with E-state index in [1.165, 1.54) is 5.56 Å². The van der Waals surface area contributed by atoms with E-state index in [1.807, 2.05) is 43.3 Å². The molecule has 8 heteroatoms. The molecule has 3 aromatic carbocycles. The number of carbonyl (C=O) groups excluding carboxylic acids is 1. The van der Waals surface area contributed by atoms with Crippen LogP contribution in [0.4, 0.5) is 5.69 Å². The van der Waals surface area contributed by atoms with Gasteiger partial charge in [-0.3, -0.25) is 4.79 Å². The molecule has 1 atom stereocenters. The molecule has 5 rings (SSSR count). The van der Waals surface area contributed by atoms with Gasteiger partial charge in [0.15, 0.2) is 4.34 Å². The summed E-state index contributed by atoms with van der Waals surface area (Å²) in [6, 6.07) is 21.3. The summed E-state index contributed by atoms with van der Waals surface area (Å²) in [5.41, 5.74) is 3.89. The Hall–Kier alpha value is -2.84. The van der Waals surface area contributed by atoms with Crippen molar-refractivity contribution in [3.05, 3.63) is 94.7 Å². The number of hydrogen-bond acceptors (Lipinski definition) is 7. The maximum atomic E-state index is 13.1. The van der Waals surface area contributed by atoms with Crippen molar-refractivity contribution in [2.24, 2.45) is 0 Å². The zero-order valence-corrected chi connectivity index (χ0v) is 20.7. The van der Waals surface area contributed by atoms with Crippen molar-refractivity contribution in [3.8, 4) is 5.75 Å². The zero-order valence-electron chi connectivity index (χ0n) is 18.3. The zero-order chi connectivity index (χ0) is 23.5. The number of benzene rings is 3. The van der Waals surface area contributed by atoms with Crippen molar-refractivity contribution in [1.82, 2.24) is 4.98 Å². The van der Waals surface area contributed by atoms with Gasteiger partial charge in [-0.15, -0.1) is 11.3 Å². The molecule has 34 heavy (non-hydrogen) atoms. The molecule has 1 aliphatic rings. The van der Waals surface area contributed by atoms with Crippen molar-refractivity contribution in [1.29, 1.82) is 0 Å². The number of halogens is 1. The first-order valence-electron chi connectivity index (χ1n) is 10.8. The summed E-state index contributed by atoms with van der Waals surface area (Å²) in [7, 11) is 0. The normalized spacial score (nSPS) is 16.5. The monoisotopic (exact) mass is 508 g/mol. The fourth-order valence-electron chi connectivity index (χ4n) is 3.57. The third-order valence-corrected chi connectivity index (χ3v) is 7.69. The molecule has 0 spiro atoms. The van der Waals surface area contributed by atoms with Gasteiger partial charge in [0, 0.05) is 29.3 Å². The number of carbonyl (C=O) groups is 1. The van der Waals surface area contributed by atoms with E-state index in [4.69, 9.17) is 26.1 Å². The maximum absolute atomic E-state index is 13.1. The van der Waals surface area contributed by atoms with Crippen LogP contribution in [0.1, 0.15) is 22.8 Å². The highest BCUT2D eigenvalue weighted by Crippen LogP contribution is 2.35. The summed E-state index contributed by atoms with van der Waals surface area (Å²) in [5, 5.41) is 3.72. The van der Waals surface area contributed by atoms with Crippen LogP contribution in [-0.2, 0) is 10.5 Å². The van der Waals surface area contributed by atoms with Gasteiger partial charge in [0.1, 0.15) is 5.75 Å². The van der Waals surface area contributed by atoms with Crippen LogP contribution < -0.4 is 10.1 Å². The van der Waals surface area contributed by atoms with Gasteiger partial charge < -0.3 is 14.8 Å². The first-order valence-corrected chi connectivity index (χ1v) is 12.9. The lowest BCUT2D eigenvalue weighted by Gasteiger charge is -2.27. The second-order valence-electron chi connectivity index (χ2n) is 7.56. The number of Topliss-reactive ketones (excluding diaryl/α,β-unsaturated/α-hetero) is 1. The molecular weight excluding hydrogens is 488 g/mol. The smallest absolute Gasteiger partial charge is 0.232 e. The summed E-state index contributed by atoms with van der Waals surface area (Å²) < 4.78 is 13.7. The molecular formula is C26H21ClN2O3S2. The summed E-state index contributed by atoms with van der Waals surface area (Å²) in [4.78, 5) is 17.9. The lowest BCUT2D eigenvalue weighted by atomic mass is 10.00. The Balaban J connectivity index is 1.35. The van der Waals surface area contributed by atoms with Gasteiger partial charge in [-0.1, -0.05) is 53.7 Å². The Morgan fingerprint density at radius 1 is 1.18 bits per heavy atom. The minimum absolute atomic E-state index is 0.173. The summed E-state index contributed by atoms with van der Waals surface area (Å²) in [6.45, 7) is 2.27. The number of thiazole rings is 1. The molecule has 1 aromatic heterocycles. The lowest BCUT2D eigenvalue weighted by Crippen LogP contribution is -2.33. The van der Waals surface area contributed by atoms with Gasteiger partial charge in [-0.05, 0) is 48.9 Å². The topological polar surface area (TPSA) is 60.5 Å². The first-order chi connectivity index (χ1) is 16.6. The molecule has 1 N–H and O–H groups in total. The molecule has 172 valence electrons. The number of aromatic nitrogens is 1. The third-order valence-electron chi connectivity index (χ3n) is 5.22. The highest BCUT2D eigenvalue weighted by atomic mass is 35.5. The van der Waals surface area contributed by atoms with Gasteiger partial charge >= 0.3 is 0 Å². The van der Waals surface area contributed by atoms with Crippen LogP contribution in [0.25, 0.3) is 10.2 Å². The predicted octanol–water partition coefficient (Wildman–Crippen LogP) is 7.18. The number of hydrogen-bond donors (Lipinski definition) is 1. The van der Waals surface area contributed by atoms with E-state index >= 15 is 0 Å². The molecule has 0 amide bonds. The van der Waals surface area contributed by atoms with Crippen molar-refractivity contribution < 1.29 is 14.3 Å². The Bertz CT molecular complexity index is 1370. The Morgan fingerprint density at radius 3 is 2.85 bits per heavy atom. The second kappa shape index (κ2) is 10.2. The first kappa shape index (κ1) is 22.9. The molecule has 0 fully saturated rings. The van der Waals surface area contributed by atoms with E-state index in [1.54, 1.807) is 47.5 Å². The molecule has 0 aliphatic carbocycles. The minimum Gasteiger partial charge on any atom is -0.460 e. The predicted molar refractivity (Wildman–Crippen MR) is 139 cm³/mol. The number of nitrogens with zero attached hydrogens (tertiary/aromatic N) is 1. The third kappa shape index (κ3) is 4.98. The average molecular weight is 509 g/mol. The van der Waals surface area contributed by atoms with Crippen LogP contribution in [0, 0.1) is 0 Å². The van der Waals surface area contributed by atoms with Crippen molar-refractivity contribution in [2.45, 2.75) is 23.3 Å². The van der Waals surface area contributed by atoms with Gasteiger partial charge in [0.25, 0.3) is 0 Å². The number of anilines is 1. The van der Waals surface area contributed by atoms with E-state index in [2.05, 4.69) is 17.4 Å². The van der Waals surface area contributed by atoms with E-state index in [9.17, 15) is 4.79 Å². The minimum atomic E-state index is -0.785. The number of fused-ring (bicyclic) bond motifs is 2. The van der Waals surface area contributed by atoms with Crippen LogP contribution in [0.2, 0.25) is 5.02 Å². The molecule has 0 saturated carbocycles. The Kier molecular flexibility index (Phi) is 6.87. The van der Waals surface area contributed by atoms with Crippen LogP contribution in [-0.4, -0.2) is 23.7 Å². The number of ether oxygens (including phenoxy) is 2. The number of ketones is 1. The number of rotatable bonds is 7. The maximum Gasteiger partial charge on any atom is 0.232 e. The summed E-state index contributed by atoms with van der Waals surface area (Å²) in [6.07, 6.45) is 0.867. The molecule has 2 heterocycles. The molecule has 0 bridgehead atoms. The standard InChI is InChI=1S/C26H21ClN2O3S2/c1-2-31-25-20(24(30)19-12-17(27)8-11-22(19)32-25)14-28-18-9-10-21-23(13-18)34-26(29-21)33-15-16-6-4-3-5-7-16/h3-14,25,28H,2,15H2,1H3/b20-14-/t25-/m0/s1. The summed E-state index contributed by atoms with van der Waals surface area (Å²) >= 11 is 9.48. The molecule has 0 unspecified atom stereocenters. The molecule has 5 nitrogen and oxygen atoms in total. The largest absolute Gasteiger partial charge is 0.460 e. The van der Waals surface area contributed by atoms with Gasteiger partial charge in [-0.25, -0.2) is 4.98 Å². The van der Waals surface area contributed by atoms with Crippen molar-refractivity contribution in [3.63, 3.8) is 0 Å². The van der Waals surface area contributed by atoms with E-state index in [-0.39, 0.29) is 5.78 Å². The highest BCUT2D eigenvalue weighted by molar-refractivity contribution is 8.00. The highest BCUT2D eigenvalue weighted by Gasteiger charge is 2.32. The second-order valence-corrected chi connectivity index (χ2v) is 10.2. The quantitative estimate of drug-likeness (QED) is 0.211. The van der Waals surface area contributed by atoms with Crippen molar-refractivity contribution >= 4 is 56.4 Å². The van der Waals surface area contributed by atoms with Gasteiger partial charge in [0.05, 0.1) is 21.4 Å². The molecule has 0 radical (unpaired) electrons. The van der Waals surface area contributed by atoms with Crippen LogP contribution >= 0.6 is 34.7 Å². The van der Waals surface area contributed by atoms with Crippen LogP contribution in [0.3, 0.4) is 0 Å². The van der Waals surface area contributed by atoms with E-state index in [0.717, 1.165) is 26.0 Å². The molecule has 0 saturated heterocycles. The van der Waals surface area contributed by atoms with E-state index in [0.29, 0.717) is 28.5 Å². The number of thioether (sulfide) groups is 1. The SMILES string of the molecule is CCO[C@H]1Oc2ccc(Cl)cc2C(=O)/C1=C/Nc1ccc2nc(SCc3ccccc3)sc2c1. The fraction of sp³-hybridized carbons (Fsp3) is 0.154. The lowest BCUT2D eigenvalue weighted by molar-refractivity contribution is -0.0509. The summed E-state index contributed by atoms with van der Waals surface area (Å²) in [5.74, 6) is 1.18. The fourth-order valence-corrected chi connectivity index (χ4v) is 5.80. The van der Waals surface area contributed by atoms with Gasteiger partial charge in [-0.2, -0.15) is 0 Å². The average Bonchev–Trinajstić information content (AvgIpc) is 3.26. The molecule has 1 aliphatic heterocycles. The van der Waals surface area contributed by atoms with Crippen LogP contribution in [0.5, 0.6) is 5.75 Å². The van der Waals surface area contributed by atoms with Gasteiger partial charge in [0.2, 0.25) is 12.1 Å².